The van der Waals surface area contributed by atoms with Gasteiger partial charge in [-0.15, -0.1) is 0 Å². The maximum Gasteiger partial charge on any atom is 0.250 e. The number of amides is 1. The van der Waals surface area contributed by atoms with Crippen LogP contribution in [-0.4, -0.2) is 42.0 Å². The van der Waals surface area contributed by atoms with Crippen LogP contribution in [-0.2, 0) is 0 Å². The lowest BCUT2D eigenvalue weighted by atomic mass is 9.92. The largest absolute Gasteiger partial charge is 0.369 e. The maximum atomic E-state index is 13.2. The van der Waals surface area contributed by atoms with Gasteiger partial charge in [0.2, 0.25) is 5.91 Å². The first-order valence-corrected chi connectivity index (χ1v) is 9.06. The van der Waals surface area contributed by atoms with Crippen LogP contribution < -0.4 is 11.1 Å². The van der Waals surface area contributed by atoms with Gasteiger partial charge in [-0.25, -0.2) is 9.37 Å². The highest BCUT2D eigenvalue weighted by atomic mass is 19.1. The van der Waals surface area contributed by atoms with E-state index in [0.29, 0.717) is 5.56 Å². The summed E-state index contributed by atoms with van der Waals surface area (Å²) in [5.41, 5.74) is 7.63. The minimum atomic E-state index is -0.506. The number of rotatable bonds is 7. The van der Waals surface area contributed by atoms with Crippen LogP contribution in [0, 0.1) is 5.82 Å². The van der Waals surface area contributed by atoms with E-state index in [2.05, 4.69) is 15.2 Å². The van der Waals surface area contributed by atoms with Crippen LogP contribution in [0.1, 0.15) is 47.2 Å². The number of nitrogens with zero attached hydrogens (tertiary/aromatic N) is 2. The second-order valence-electron chi connectivity index (χ2n) is 6.77. The smallest absolute Gasteiger partial charge is 0.250 e. The van der Waals surface area contributed by atoms with Crippen molar-refractivity contribution in [2.24, 2.45) is 5.73 Å². The molecule has 0 aliphatic carbocycles. The number of carbonyl (C=O) groups excluding carboxylic acids is 1. The minimum Gasteiger partial charge on any atom is -0.369 e. The Morgan fingerprint density at radius 3 is 2.65 bits per heavy atom. The fraction of sp³-hybridized carbons (Fsp3) is 0.400. The zero-order valence-electron chi connectivity index (χ0n) is 15.0. The van der Waals surface area contributed by atoms with Crippen molar-refractivity contribution in [1.29, 1.82) is 0 Å². The summed E-state index contributed by atoms with van der Waals surface area (Å²) in [7, 11) is 0. The molecule has 5 nitrogen and oxygen atoms in total. The number of hydrogen-bond acceptors (Lipinski definition) is 4. The molecule has 2 aromatic rings. The SMILES string of the molecule is CC(c1ccc(F)cc1)c1cc(C(N)=O)cnc1NCCN1CCCC1. The molecule has 1 fully saturated rings. The lowest BCUT2D eigenvalue weighted by Crippen LogP contribution is -2.26. The average Bonchev–Trinajstić information content (AvgIpc) is 3.15. The van der Waals surface area contributed by atoms with Crippen molar-refractivity contribution < 1.29 is 9.18 Å². The molecule has 1 aliphatic heterocycles. The molecule has 1 amide bonds. The summed E-state index contributed by atoms with van der Waals surface area (Å²) in [5.74, 6) is -0.0784. The molecule has 1 aromatic heterocycles. The summed E-state index contributed by atoms with van der Waals surface area (Å²) in [5, 5.41) is 3.39. The van der Waals surface area contributed by atoms with Gasteiger partial charge in [-0.2, -0.15) is 0 Å². The van der Waals surface area contributed by atoms with Crippen LogP contribution in [0.15, 0.2) is 36.5 Å². The molecule has 3 rings (SSSR count). The van der Waals surface area contributed by atoms with Crippen molar-refractivity contribution in [1.82, 2.24) is 9.88 Å². The first kappa shape index (κ1) is 18.3. The van der Waals surface area contributed by atoms with Crippen molar-refractivity contribution in [2.45, 2.75) is 25.7 Å². The summed E-state index contributed by atoms with van der Waals surface area (Å²) in [4.78, 5) is 18.4. The Hall–Kier alpha value is -2.47. The van der Waals surface area contributed by atoms with E-state index < -0.39 is 5.91 Å². The highest BCUT2D eigenvalue weighted by Gasteiger charge is 2.17. The predicted molar refractivity (Wildman–Crippen MR) is 101 cm³/mol. The van der Waals surface area contributed by atoms with Crippen LogP contribution in [0.4, 0.5) is 10.2 Å². The van der Waals surface area contributed by atoms with E-state index in [0.717, 1.165) is 43.1 Å². The molecule has 2 heterocycles. The zero-order chi connectivity index (χ0) is 18.5. The molecule has 1 aromatic carbocycles. The van der Waals surface area contributed by atoms with E-state index in [1.165, 1.54) is 31.2 Å². The summed E-state index contributed by atoms with van der Waals surface area (Å²) in [6.07, 6.45) is 4.03. The molecule has 0 bridgehead atoms. The third-order valence-corrected chi connectivity index (χ3v) is 4.96. The van der Waals surface area contributed by atoms with E-state index in [9.17, 15) is 9.18 Å². The third-order valence-electron chi connectivity index (χ3n) is 4.96. The standard InChI is InChI=1S/C20H25FN4O/c1-14(15-4-6-17(21)7-5-15)18-12-16(19(22)26)13-24-20(18)23-8-11-25-9-2-3-10-25/h4-7,12-14H,2-3,8-11H2,1H3,(H2,22,26)(H,23,24). The van der Waals surface area contributed by atoms with Gasteiger partial charge in [-0.3, -0.25) is 4.79 Å². The lowest BCUT2D eigenvalue weighted by molar-refractivity contribution is 0.1000. The Bertz CT molecular complexity index is 757. The van der Waals surface area contributed by atoms with Crippen LogP contribution in [0.3, 0.4) is 0 Å². The number of nitrogens with one attached hydrogen (secondary N) is 1. The van der Waals surface area contributed by atoms with Crippen LogP contribution in [0.5, 0.6) is 0 Å². The van der Waals surface area contributed by atoms with Gasteiger partial charge in [0.25, 0.3) is 0 Å². The summed E-state index contributed by atoms with van der Waals surface area (Å²) < 4.78 is 13.2. The van der Waals surface area contributed by atoms with Gasteiger partial charge in [0.1, 0.15) is 11.6 Å². The van der Waals surface area contributed by atoms with Crippen molar-refractivity contribution in [2.75, 3.05) is 31.5 Å². The number of benzene rings is 1. The van der Waals surface area contributed by atoms with E-state index in [1.807, 2.05) is 6.92 Å². The molecule has 1 saturated heterocycles. The molecular formula is C20H25FN4O. The zero-order valence-corrected chi connectivity index (χ0v) is 15.0. The van der Waals surface area contributed by atoms with Crippen molar-refractivity contribution >= 4 is 11.7 Å². The fourth-order valence-electron chi connectivity index (χ4n) is 3.36. The quantitative estimate of drug-likeness (QED) is 0.800. The number of pyridine rings is 1. The van der Waals surface area contributed by atoms with Gasteiger partial charge in [-0.05, 0) is 49.7 Å². The van der Waals surface area contributed by atoms with Crippen molar-refractivity contribution in [3.8, 4) is 0 Å². The van der Waals surface area contributed by atoms with E-state index >= 15 is 0 Å². The summed E-state index contributed by atoms with van der Waals surface area (Å²) in [6.45, 7) is 6.06. The van der Waals surface area contributed by atoms with Crippen LogP contribution >= 0.6 is 0 Å². The Morgan fingerprint density at radius 1 is 1.31 bits per heavy atom. The molecular weight excluding hydrogens is 331 g/mol. The third kappa shape index (κ3) is 4.38. The number of primary amides is 1. The Balaban J connectivity index is 1.80. The highest BCUT2D eigenvalue weighted by Crippen LogP contribution is 2.29. The number of nitrogens with two attached hydrogens (primary N) is 1. The second-order valence-corrected chi connectivity index (χ2v) is 6.77. The number of aromatic nitrogens is 1. The second kappa shape index (κ2) is 8.27. The number of likely N-dealkylation sites (tertiary alicyclic amines) is 1. The predicted octanol–water partition coefficient (Wildman–Crippen LogP) is 2.98. The van der Waals surface area contributed by atoms with Crippen molar-refractivity contribution in [3.63, 3.8) is 0 Å². The minimum absolute atomic E-state index is 0.0447. The molecule has 1 aliphatic rings. The average molecular weight is 356 g/mol. The normalized spacial score (nSPS) is 15.8. The van der Waals surface area contributed by atoms with E-state index in [1.54, 1.807) is 18.2 Å². The molecule has 0 saturated carbocycles. The first-order chi connectivity index (χ1) is 12.5. The molecule has 0 radical (unpaired) electrons. The topological polar surface area (TPSA) is 71.2 Å². The Kier molecular flexibility index (Phi) is 5.83. The molecule has 6 heteroatoms. The van der Waals surface area contributed by atoms with Crippen LogP contribution in [0.25, 0.3) is 0 Å². The van der Waals surface area contributed by atoms with Gasteiger partial charge in [0, 0.05) is 30.8 Å². The fourth-order valence-corrected chi connectivity index (χ4v) is 3.36. The number of carbonyl (C=O) groups is 1. The van der Waals surface area contributed by atoms with Gasteiger partial charge < -0.3 is 16.0 Å². The summed E-state index contributed by atoms with van der Waals surface area (Å²) in [6, 6.07) is 8.17. The van der Waals surface area contributed by atoms with Gasteiger partial charge in [0.15, 0.2) is 0 Å². The molecule has 1 atom stereocenters. The van der Waals surface area contributed by atoms with Gasteiger partial charge >= 0.3 is 0 Å². The maximum absolute atomic E-state index is 13.2. The molecule has 138 valence electrons. The van der Waals surface area contributed by atoms with Crippen LogP contribution in [0.2, 0.25) is 0 Å². The molecule has 26 heavy (non-hydrogen) atoms. The number of anilines is 1. The molecule has 3 N–H and O–H groups in total. The number of hydrogen-bond donors (Lipinski definition) is 2. The monoisotopic (exact) mass is 356 g/mol. The summed E-state index contributed by atoms with van der Waals surface area (Å²) >= 11 is 0. The van der Waals surface area contributed by atoms with Gasteiger partial charge in [-0.1, -0.05) is 19.1 Å². The van der Waals surface area contributed by atoms with Gasteiger partial charge in [0.05, 0.1) is 5.56 Å². The molecule has 1 unspecified atom stereocenters. The Morgan fingerprint density at radius 2 is 2.00 bits per heavy atom. The van der Waals surface area contributed by atoms with Crippen molar-refractivity contribution in [3.05, 3.63) is 59.0 Å². The van der Waals surface area contributed by atoms with E-state index in [-0.39, 0.29) is 11.7 Å². The lowest BCUT2D eigenvalue weighted by Gasteiger charge is -2.20. The highest BCUT2D eigenvalue weighted by molar-refractivity contribution is 5.93. The molecule has 0 spiro atoms. The number of halogens is 1. The Labute approximate surface area is 153 Å². The van der Waals surface area contributed by atoms with E-state index in [4.69, 9.17) is 5.73 Å². The first-order valence-electron chi connectivity index (χ1n) is 9.06.